The first kappa shape index (κ1) is 15.6. The Morgan fingerprint density at radius 1 is 1.22 bits per heavy atom. The third-order valence-corrected chi connectivity index (χ3v) is 4.52. The number of amides is 3. The summed E-state index contributed by atoms with van der Waals surface area (Å²) >= 11 is 1.53. The molecule has 7 heteroatoms. The molecular weight excluding hydrogens is 312 g/mol. The van der Waals surface area contributed by atoms with Gasteiger partial charge in [-0.3, -0.25) is 14.3 Å². The van der Waals surface area contributed by atoms with Crippen molar-refractivity contribution >= 4 is 23.7 Å². The van der Waals surface area contributed by atoms with Gasteiger partial charge in [0.2, 0.25) is 5.91 Å². The molecule has 3 rings (SSSR count). The molecule has 0 bridgehead atoms. The molecule has 1 aromatic heterocycles. The van der Waals surface area contributed by atoms with E-state index in [-0.39, 0.29) is 18.5 Å². The SMILES string of the molecule is Cc1cc(C)cc(-n2ccnc2SCCN2C(=O)CNC2=O)c1. The lowest BCUT2D eigenvalue weighted by molar-refractivity contribution is -0.124. The third kappa shape index (κ3) is 3.39. The van der Waals surface area contributed by atoms with Gasteiger partial charge in [-0.05, 0) is 37.1 Å². The van der Waals surface area contributed by atoms with E-state index in [1.165, 1.54) is 27.8 Å². The van der Waals surface area contributed by atoms with Crippen molar-refractivity contribution in [2.24, 2.45) is 0 Å². The predicted molar refractivity (Wildman–Crippen MR) is 88.9 cm³/mol. The maximum Gasteiger partial charge on any atom is 0.324 e. The van der Waals surface area contributed by atoms with Crippen molar-refractivity contribution in [2.45, 2.75) is 19.0 Å². The summed E-state index contributed by atoms with van der Waals surface area (Å²) in [6, 6.07) is 6.03. The molecule has 0 spiro atoms. The molecule has 0 radical (unpaired) electrons. The van der Waals surface area contributed by atoms with Gasteiger partial charge in [-0.2, -0.15) is 0 Å². The van der Waals surface area contributed by atoms with E-state index in [1.807, 2.05) is 10.8 Å². The molecule has 1 aliphatic rings. The van der Waals surface area contributed by atoms with Gasteiger partial charge in [0.05, 0.1) is 6.54 Å². The summed E-state index contributed by atoms with van der Waals surface area (Å²) < 4.78 is 2.02. The average Bonchev–Trinajstić information content (AvgIpc) is 3.07. The van der Waals surface area contributed by atoms with E-state index in [4.69, 9.17) is 0 Å². The van der Waals surface area contributed by atoms with E-state index in [9.17, 15) is 9.59 Å². The smallest absolute Gasteiger partial charge is 0.324 e. The van der Waals surface area contributed by atoms with Gasteiger partial charge in [-0.1, -0.05) is 17.8 Å². The summed E-state index contributed by atoms with van der Waals surface area (Å²) in [5, 5.41) is 3.37. The van der Waals surface area contributed by atoms with Gasteiger partial charge in [0.15, 0.2) is 5.16 Å². The molecular formula is C16H18N4O2S. The van der Waals surface area contributed by atoms with Crippen LogP contribution >= 0.6 is 11.8 Å². The number of imide groups is 1. The second-order valence-electron chi connectivity index (χ2n) is 5.48. The van der Waals surface area contributed by atoms with E-state index < -0.39 is 0 Å². The monoisotopic (exact) mass is 330 g/mol. The van der Waals surface area contributed by atoms with Gasteiger partial charge >= 0.3 is 6.03 Å². The number of rotatable bonds is 5. The number of aryl methyl sites for hydroxylation is 2. The Kier molecular flexibility index (Phi) is 4.38. The standard InChI is InChI=1S/C16H18N4O2S/c1-11-7-12(2)9-13(8-11)19-4-3-17-16(19)23-6-5-20-14(21)10-18-15(20)22/h3-4,7-9H,5-6,10H2,1-2H3,(H,18,22). The van der Waals surface area contributed by atoms with Gasteiger partial charge in [0.1, 0.15) is 0 Å². The Morgan fingerprint density at radius 3 is 2.61 bits per heavy atom. The second-order valence-corrected chi connectivity index (χ2v) is 6.54. The number of nitrogens with one attached hydrogen (secondary N) is 1. The minimum atomic E-state index is -0.312. The number of aromatic nitrogens is 2. The molecule has 1 saturated heterocycles. The van der Waals surface area contributed by atoms with Crippen molar-refractivity contribution in [3.8, 4) is 5.69 Å². The zero-order valence-electron chi connectivity index (χ0n) is 13.1. The molecule has 2 heterocycles. The van der Waals surface area contributed by atoms with Crippen LogP contribution in [-0.4, -0.2) is 45.2 Å². The normalized spacial score (nSPS) is 14.4. The fraction of sp³-hybridized carbons (Fsp3) is 0.312. The Hall–Kier alpha value is -2.28. The van der Waals surface area contributed by atoms with E-state index in [0.29, 0.717) is 12.3 Å². The molecule has 3 amide bonds. The molecule has 0 atom stereocenters. The number of carbonyl (C=O) groups excluding carboxylic acids is 2. The highest BCUT2D eigenvalue weighted by Crippen LogP contribution is 2.22. The van der Waals surface area contributed by atoms with Crippen molar-refractivity contribution in [2.75, 3.05) is 18.8 Å². The van der Waals surface area contributed by atoms with E-state index in [1.54, 1.807) is 6.20 Å². The Bertz CT molecular complexity index is 720. The first-order chi connectivity index (χ1) is 11.0. The third-order valence-electron chi connectivity index (χ3n) is 3.57. The van der Waals surface area contributed by atoms with Crippen molar-refractivity contribution < 1.29 is 9.59 Å². The van der Waals surface area contributed by atoms with Gasteiger partial charge in [0, 0.05) is 30.4 Å². The molecule has 0 saturated carbocycles. The summed E-state index contributed by atoms with van der Waals surface area (Å²) in [4.78, 5) is 28.7. The van der Waals surface area contributed by atoms with Gasteiger partial charge < -0.3 is 5.32 Å². The molecule has 0 unspecified atom stereocenters. The summed E-state index contributed by atoms with van der Waals surface area (Å²) in [7, 11) is 0. The first-order valence-corrected chi connectivity index (χ1v) is 8.36. The molecule has 1 aromatic carbocycles. The highest BCUT2D eigenvalue weighted by atomic mass is 32.2. The summed E-state index contributed by atoms with van der Waals surface area (Å²) in [6.45, 7) is 4.62. The van der Waals surface area contributed by atoms with Crippen LogP contribution in [-0.2, 0) is 4.79 Å². The lowest BCUT2D eigenvalue weighted by Gasteiger charge is -2.13. The van der Waals surface area contributed by atoms with Crippen LogP contribution in [0.15, 0.2) is 35.7 Å². The van der Waals surface area contributed by atoms with Crippen LogP contribution in [0.4, 0.5) is 4.79 Å². The van der Waals surface area contributed by atoms with E-state index in [0.717, 1.165) is 10.8 Å². The van der Waals surface area contributed by atoms with Gasteiger partial charge in [-0.25, -0.2) is 9.78 Å². The lowest BCUT2D eigenvalue weighted by Crippen LogP contribution is -2.32. The van der Waals surface area contributed by atoms with Crippen LogP contribution in [0.25, 0.3) is 5.69 Å². The number of urea groups is 1. The summed E-state index contributed by atoms with van der Waals surface area (Å²) in [5.74, 6) is 0.439. The fourth-order valence-corrected chi connectivity index (χ4v) is 3.49. The number of hydrogen-bond donors (Lipinski definition) is 1. The van der Waals surface area contributed by atoms with Crippen LogP contribution in [0.5, 0.6) is 0 Å². The van der Waals surface area contributed by atoms with Crippen LogP contribution < -0.4 is 5.32 Å². The zero-order chi connectivity index (χ0) is 16.4. The second kappa shape index (κ2) is 6.45. The minimum absolute atomic E-state index is 0.0979. The molecule has 2 aromatic rings. The minimum Gasteiger partial charge on any atom is -0.329 e. The molecule has 0 aliphatic carbocycles. The van der Waals surface area contributed by atoms with Crippen molar-refractivity contribution in [1.82, 2.24) is 19.8 Å². The maximum atomic E-state index is 11.6. The van der Waals surface area contributed by atoms with Gasteiger partial charge in [0.25, 0.3) is 0 Å². The Labute approximate surface area is 138 Å². The van der Waals surface area contributed by atoms with E-state index in [2.05, 4.69) is 42.3 Å². The number of benzene rings is 1. The number of thioether (sulfide) groups is 1. The van der Waals surface area contributed by atoms with Crippen molar-refractivity contribution in [3.05, 3.63) is 41.7 Å². The van der Waals surface area contributed by atoms with Crippen LogP contribution in [0.2, 0.25) is 0 Å². The summed E-state index contributed by atoms with van der Waals surface area (Å²) in [5.41, 5.74) is 3.46. The zero-order valence-corrected chi connectivity index (χ0v) is 13.9. The van der Waals surface area contributed by atoms with Gasteiger partial charge in [-0.15, -0.1) is 0 Å². The van der Waals surface area contributed by atoms with Crippen LogP contribution in [0, 0.1) is 13.8 Å². The fourth-order valence-electron chi connectivity index (χ4n) is 2.59. The van der Waals surface area contributed by atoms with Crippen LogP contribution in [0.3, 0.4) is 0 Å². The number of carbonyl (C=O) groups is 2. The number of nitrogens with zero attached hydrogens (tertiary/aromatic N) is 3. The molecule has 1 aliphatic heterocycles. The number of hydrogen-bond acceptors (Lipinski definition) is 4. The van der Waals surface area contributed by atoms with Crippen LogP contribution in [0.1, 0.15) is 11.1 Å². The predicted octanol–water partition coefficient (Wildman–Crippen LogP) is 2.13. The molecule has 23 heavy (non-hydrogen) atoms. The lowest BCUT2D eigenvalue weighted by atomic mass is 10.1. The largest absolute Gasteiger partial charge is 0.329 e. The van der Waals surface area contributed by atoms with E-state index >= 15 is 0 Å². The molecule has 1 fully saturated rings. The molecule has 120 valence electrons. The maximum absolute atomic E-state index is 11.6. The van der Waals surface area contributed by atoms with Crippen molar-refractivity contribution in [1.29, 1.82) is 0 Å². The summed E-state index contributed by atoms with van der Waals surface area (Å²) in [6.07, 6.45) is 3.68. The van der Waals surface area contributed by atoms with Crippen molar-refractivity contribution in [3.63, 3.8) is 0 Å². The Balaban J connectivity index is 1.69. The topological polar surface area (TPSA) is 67.2 Å². The first-order valence-electron chi connectivity index (χ1n) is 7.37. The Morgan fingerprint density at radius 2 is 1.96 bits per heavy atom. The average molecular weight is 330 g/mol. The molecule has 1 N–H and O–H groups in total. The number of imidazole rings is 1. The molecule has 6 nitrogen and oxygen atoms in total. The highest BCUT2D eigenvalue weighted by molar-refractivity contribution is 7.99. The highest BCUT2D eigenvalue weighted by Gasteiger charge is 2.27. The quantitative estimate of drug-likeness (QED) is 0.674.